The third-order valence-corrected chi connectivity index (χ3v) is 3.26. The number of hydrogen-bond acceptors (Lipinski definition) is 3. The van der Waals surface area contributed by atoms with Gasteiger partial charge in [0.05, 0.1) is 6.61 Å². The van der Waals surface area contributed by atoms with E-state index < -0.39 is 0 Å². The third-order valence-electron chi connectivity index (χ3n) is 2.51. The molecular weight excluding hydrogens is 282 g/mol. The van der Waals surface area contributed by atoms with Crippen LogP contribution in [0.5, 0.6) is 0 Å². The van der Waals surface area contributed by atoms with Gasteiger partial charge in [0.1, 0.15) is 0 Å². The number of carbonyl (C=O) groups is 1. The molecule has 3 nitrogen and oxygen atoms in total. The van der Waals surface area contributed by atoms with Crippen molar-refractivity contribution >= 4 is 21.9 Å². The van der Waals surface area contributed by atoms with Gasteiger partial charge in [-0.3, -0.25) is 0 Å². The van der Waals surface area contributed by atoms with Gasteiger partial charge in [0.15, 0.2) is 0 Å². The van der Waals surface area contributed by atoms with Crippen molar-refractivity contribution < 1.29 is 9.53 Å². The molecule has 4 heteroatoms. The highest BCUT2D eigenvalue weighted by Crippen LogP contribution is 2.33. The lowest BCUT2D eigenvalue weighted by atomic mass is 9.94. The second-order valence-corrected chi connectivity index (χ2v) is 4.94. The van der Waals surface area contributed by atoms with E-state index in [9.17, 15) is 4.79 Å². The van der Waals surface area contributed by atoms with Gasteiger partial charge in [0.25, 0.3) is 0 Å². The highest BCUT2D eigenvalue weighted by molar-refractivity contribution is 9.12. The Morgan fingerprint density at radius 2 is 2.24 bits per heavy atom. The van der Waals surface area contributed by atoms with Crippen molar-refractivity contribution in [2.45, 2.75) is 20.3 Å². The van der Waals surface area contributed by atoms with Crippen LogP contribution >= 0.6 is 15.9 Å². The molecule has 0 unspecified atom stereocenters. The van der Waals surface area contributed by atoms with E-state index in [1.54, 1.807) is 0 Å². The van der Waals surface area contributed by atoms with Crippen molar-refractivity contribution in [3.63, 3.8) is 0 Å². The number of allylic oxidation sites excluding steroid dienone is 4. The van der Waals surface area contributed by atoms with Gasteiger partial charge in [-0.2, -0.15) is 0 Å². The summed E-state index contributed by atoms with van der Waals surface area (Å²) < 4.78 is 6.08. The Balaban J connectivity index is 3.08. The molecule has 0 saturated carbocycles. The molecule has 1 aliphatic rings. The second-order valence-electron chi connectivity index (χ2n) is 4.09. The van der Waals surface area contributed by atoms with Crippen LogP contribution in [0.1, 0.15) is 20.3 Å². The third kappa shape index (κ3) is 3.46. The van der Waals surface area contributed by atoms with E-state index in [1.807, 2.05) is 45.1 Å². The minimum Gasteiger partial charge on any atom is -0.463 e. The van der Waals surface area contributed by atoms with Crippen LogP contribution in [0.3, 0.4) is 0 Å². The molecule has 0 aromatic rings. The van der Waals surface area contributed by atoms with Crippen molar-refractivity contribution in [1.29, 1.82) is 0 Å². The van der Waals surface area contributed by atoms with Gasteiger partial charge in [-0.1, -0.05) is 22.0 Å². The van der Waals surface area contributed by atoms with E-state index in [0.717, 1.165) is 21.2 Å². The molecule has 17 heavy (non-hydrogen) atoms. The van der Waals surface area contributed by atoms with Crippen molar-refractivity contribution in [3.05, 3.63) is 33.5 Å². The second kappa shape index (κ2) is 6.05. The number of carbonyl (C=O) groups excluding carboxylic acids is 1. The molecule has 1 rings (SSSR count). The Hall–Kier alpha value is -1.03. The maximum absolute atomic E-state index is 11.8. The minimum atomic E-state index is -0.217. The van der Waals surface area contributed by atoms with Gasteiger partial charge >= 0.3 is 5.97 Å². The summed E-state index contributed by atoms with van der Waals surface area (Å²) in [6.45, 7) is 4.18. The standard InChI is InChI=1S/C13H18BrNO2/c1-5-17-13(16)10-6-7-12(14)11(9(10)2)8-15(3)4/h7-8H,5-6H2,1-4H3. The molecule has 94 valence electrons. The van der Waals surface area contributed by atoms with Crippen LogP contribution in [0, 0.1) is 0 Å². The van der Waals surface area contributed by atoms with E-state index in [4.69, 9.17) is 4.74 Å². The van der Waals surface area contributed by atoms with E-state index in [2.05, 4.69) is 15.9 Å². The molecule has 0 N–H and O–H groups in total. The van der Waals surface area contributed by atoms with Gasteiger partial charge in [0, 0.05) is 35.9 Å². The number of rotatable bonds is 3. The van der Waals surface area contributed by atoms with Gasteiger partial charge in [-0.25, -0.2) is 4.79 Å². The lowest BCUT2D eigenvalue weighted by Gasteiger charge is -2.19. The summed E-state index contributed by atoms with van der Waals surface area (Å²) in [6.07, 6.45) is 4.61. The zero-order chi connectivity index (χ0) is 13.0. The highest BCUT2D eigenvalue weighted by atomic mass is 79.9. The van der Waals surface area contributed by atoms with Gasteiger partial charge < -0.3 is 9.64 Å². The first-order chi connectivity index (χ1) is 7.97. The smallest absolute Gasteiger partial charge is 0.334 e. The molecule has 0 radical (unpaired) electrons. The Labute approximate surface area is 111 Å². The predicted molar refractivity (Wildman–Crippen MR) is 72.7 cm³/mol. The SMILES string of the molecule is CCOC(=O)C1=C(C)C(=CN(C)C)C(Br)=CC1. The molecule has 0 aromatic heterocycles. The number of ether oxygens (including phenoxy) is 1. The zero-order valence-corrected chi connectivity index (χ0v) is 12.3. The number of esters is 1. The van der Waals surface area contributed by atoms with Gasteiger partial charge in [-0.15, -0.1) is 0 Å². The lowest BCUT2D eigenvalue weighted by molar-refractivity contribution is -0.138. The van der Waals surface area contributed by atoms with E-state index in [0.29, 0.717) is 13.0 Å². The molecule has 1 aliphatic carbocycles. The summed E-state index contributed by atoms with van der Waals surface area (Å²) in [5.74, 6) is -0.217. The van der Waals surface area contributed by atoms with Crippen LogP contribution in [0.2, 0.25) is 0 Å². The van der Waals surface area contributed by atoms with Crippen molar-refractivity contribution in [2.75, 3.05) is 20.7 Å². The fraction of sp³-hybridized carbons (Fsp3) is 0.462. The zero-order valence-electron chi connectivity index (χ0n) is 10.7. The molecule has 0 spiro atoms. The largest absolute Gasteiger partial charge is 0.463 e. The summed E-state index contributed by atoms with van der Waals surface area (Å²) in [7, 11) is 3.92. The molecule has 0 saturated heterocycles. The van der Waals surface area contributed by atoms with Crippen LogP contribution in [-0.4, -0.2) is 31.6 Å². The molecule has 0 heterocycles. The summed E-state index contributed by atoms with van der Waals surface area (Å²) in [5.41, 5.74) is 2.75. The number of halogens is 1. The fourth-order valence-electron chi connectivity index (χ4n) is 1.67. The first-order valence-corrected chi connectivity index (χ1v) is 6.38. The average Bonchev–Trinajstić information content (AvgIpc) is 2.24. The van der Waals surface area contributed by atoms with E-state index >= 15 is 0 Å². The van der Waals surface area contributed by atoms with Crippen LogP contribution in [0.15, 0.2) is 33.5 Å². The summed E-state index contributed by atoms with van der Waals surface area (Å²) in [4.78, 5) is 13.7. The Bertz CT molecular complexity index is 406. The topological polar surface area (TPSA) is 29.5 Å². The summed E-state index contributed by atoms with van der Waals surface area (Å²) in [5, 5.41) is 0. The summed E-state index contributed by atoms with van der Waals surface area (Å²) >= 11 is 3.52. The fourth-order valence-corrected chi connectivity index (χ4v) is 2.23. The van der Waals surface area contributed by atoms with Gasteiger partial charge in [-0.05, 0) is 25.8 Å². The molecule has 0 amide bonds. The number of hydrogen-bond donors (Lipinski definition) is 0. The molecule has 0 aliphatic heterocycles. The predicted octanol–water partition coefficient (Wildman–Crippen LogP) is 2.99. The van der Waals surface area contributed by atoms with Crippen LogP contribution < -0.4 is 0 Å². The lowest BCUT2D eigenvalue weighted by Crippen LogP contribution is -2.14. The first kappa shape index (κ1) is 14.0. The molecule has 0 fully saturated rings. The highest BCUT2D eigenvalue weighted by Gasteiger charge is 2.21. The Morgan fingerprint density at radius 3 is 2.76 bits per heavy atom. The van der Waals surface area contributed by atoms with Crippen molar-refractivity contribution in [1.82, 2.24) is 4.90 Å². The average molecular weight is 300 g/mol. The molecule has 0 atom stereocenters. The van der Waals surface area contributed by atoms with Crippen molar-refractivity contribution in [2.24, 2.45) is 0 Å². The minimum absolute atomic E-state index is 0.217. The Morgan fingerprint density at radius 1 is 1.59 bits per heavy atom. The van der Waals surface area contributed by atoms with Crippen LogP contribution in [0.4, 0.5) is 0 Å². The van der Waals surface area contributed by atoms with E-state index in [-0.39, 0.29) is 5.97 Å². The molecule has 0 aromatic carbocycles. The quantitative estimate of drug-likeness (QED) is 0.750. The maximum atomic E-state index is 11.8. The van der Waals surface area contributed by atoms with E-state index in [1.165, 1.54) is 0 Å². The van der Waals surface area contributed by atoms with Gasteiger partial charge in [0.2, 0.25) is 0 Å². The number of nitrogens with zero attached hydrogens (tertiary/aromatic N) is 1. The monoisotopic (exact) mass is 299 g/mol. The Kier molecular flexibility index (Phi) is 5.00. The molecule has 0 bridgehead atoms. The van der Waals surface area contributed by atoms with Crippen LogP contribution in [0.25, 0.3) is 0 Å². The first-order valence-electron chi connectivity index (χ1n) is 5.58. The van der Waals surface area contributed by atoms with Crippen LogP contribution in [-0.2, 0) is 9.53 Å². The molecular formula is C13H18BrNO2. The maximum Gasteiger partial charge on any atom is 0.334 e. The normalized spacial score (nSPS) is 18.2. The van der Waals surface area contributed by atoms with Crippen molar-refractivity contribution in [3.8, 4) is 0 Å². The summed E-state index contributed by atoms with van der Waals surface area (Å²) in [6, 6.07) is 0.